The van der Waals surface area contributed by atoms with Gasteiger partial charge in [-0.2, -0.15) is 0 Å². The number of hydrogen-bond donors (Lipinski definition) is 0. The first-order valence-corrected chi connectivity index (χ1v) is 8.44. The Labute approximate surface area is 127 Å². The van der Waals surface area contributed by atoms with Crippen LogP contribution in [0, 0.1) is 11.3 Å². The van der Waals surface area contributed by atoms with Gasteiger partial charge in [0, 0.05) is 0 Å². The lowest BCUT2D eigenvalue weighted by atomic mass is 9.79. The molecular weight excluding hydrogens is 240 g/mol. The van der Waals surface area contributed by atoms with Crippen molar-refractivity contribution in [3.8, 4) is 0 Å². The van der Waals surface area contributed by atoms with Gasteiger partial charge in [-0.05, 0) is 50.9 Å². The number of hydrogen-bond acceptors (Lipinski definition) is 0. The minimum atomic E-state index is 0.305. The first kappa shape index (κ1) is 17.3. The Bertz CT molecular complexity index is 360. The third kappa shape index (κ3) is 6.59. The summed E-state index contributed by atoms with van der Waals surface area (Å²) >= 11 is 0. The predicted octanol–water partition coefficient (Wildman–Crippen LogP) is 6.84. The summed E-state index contributed by atoms with van der Waals surface area (Å²) in [5, 5.41) is 0. The topological polar surface area (TPSA) is 0 Å². The zero-order valence-electron chi connectivity index (χ0n) is 14.3. The maximum atomic E-state index is 2.46. The molecule has 0 spiro atoms. The van der Waals surface area contributed by atoms with Crippen molar-refractivity contribution in [1.82, 2.24) is 0 Å². The van der Waals surface area contributed by atoms with E-state index < -0.39 is 0 Å². The van der Waals surface area contributed by atoms with Gasteiger partial charge in [0.05, 0.1) is 0 Å². The highest BCUT2D eigenvalue weighted by Gasteiger charge is 2.19. The Balaban J connectivity index is 2.75. The third-order valence-electron chi connectivity index (χ3n) is 4.42. The zero-order chi connectivity index (χ0) is 15.0. The van der Waals surface area contributed by atoms with Crippen LogP contribution in [0.2, 0.25) is 0 Å². The van der Waals surface area contributed by atoms with Crippen molar-refractivity contribution in [2.75, 3.05) is 0 Å². The Morgan fingerprint density at radius 2 is 1.90 bits per heavy atom. The van der Waals surface area contributed by atoms with E-state index in [0.29, 0.717) is 11.3 Å². The summed E-state index contributed by atoms with van der Waals surface area (Å²) in [5.41, 5.74) is 3.35. The van der Waals surface area contributed by atoms with Crippen LogP contribution >= 0.6 is 0 Å². The predicted molar refractivity (Wildman–Crippen MR) is 91.9 cm³/mol. The molecule has 0 heteroatoms. The van der Waals surface area contributed by atoms with Crippen LogP contribution in [0.3, 0.4) is 0 Å². The van der Waals surface area contributed by atoms with E-state index in [4.69, 9.17) is 0 Å². The highest BCUT2D eigenvalue weighted by molar-refractivity contribution is 5.19. The van der Waals surface area contributed by atoms with E-state index in [2.05, 4.69) is 58.9 Å². The molecule has 20 heavy (non-hydrogen) atoms. The van der Waals surface area contributed by atoms with E-state index in [0.717, 1.165) is 0 Å². The maximum absolute atomic E-state index is 2.46. The maximum Gasteiger partial charge on any atom is -0.0173 e. The fourth-order valence-corrected chi connectivity index (χ4v) is 3.00. The van der Waals surface area contributed by atoms with Crippen LogP contribution < -0.4 is 0 Å². The van der Waals surface area contributed by atoms with E-state index in [-0.39, 0.29) is 0 Å². The van der Waals surface area contributed by atoms with E-state index in [1.807, 2.05) is 0 Å². The molecule has 0 aromatic rings. The minimum absolute atomic E-state index is 0.305. The van der Waals surface area contributed by atoms with Crippen LogP contribution in [-0.4, -0.2) is 0 Å². The van der Waals surface area contributed by atoms with Crippen molar-refractivity contribution in [1.29, 1.82) is 0 Å². The van der Waals surface area contributed by atoms with Gasteiger partial charge in [0.25, 0.3) is 0 Å². The second kappa shape index (κ2) is 8.49. The molecule has 1 atom stereocenters. The molecule has 0 aromatic carbocycles. The van der Waals surface area contributed by atoms with Crippen LogP contribution in [0.4, 0.5) is 0 Å². The summed E-state index contributed by atoms with van der Waals surface area (Å²) in [7, 11) is 0. The lowest BCUT2D eigenvalue weighted by Crippen LogP contribution is -2.13. The molecular formula is C20H34. The third-order valence-corrected chi connectivity index (χ3v) is 4.42. The van der Waals surface area contributed by atoms with Crippen LogP contribution in [0.5, 0.6) is 0 Å². The lowest BCUT2D eigenvalue weighted by Gasteiger charge is -2.26. The fraction of sp³-hybridized carbons (Fsp3) is 0.700. The zero-order valence-corrected chi connectivity index (χ0v) is 14.3. The molecule has 0 saturated heterocycles. The van der Waals surface area contributed by atoms with Crippen molar-refractivity contribution in [2.45, 2.75) is 79.6 Å². The van der Waals surface area contributed by atoms with Gasteiger partial charge in [-0.15, -0.1) is 0 Å². The molecule has 114 valence electrons. The van der Waals surface area contributed by atoms with E-state index in [1.165, 1.54) is 50.5 Å². The van der Waals surface area contributed by atoms with Gasteiger partial charge < -0.3 is 0 Å². The minimum Gasteiger partial charge on any atom is -0.0879 e. The molecule has 1 rings (SSSR count). The molecule has 0 N–H and O–H groups in total. The van der Waals surface area contributed by atoms with E-state index in [1.54, 1.807) is 5.57 Å². The average molecular weight is 274 g/mol. The Morgan fingerprint density at radius 3 is 2.55 bits per heavy atom. The van der Waals surface area contributed by atoms with Crippen molar-refractivity contribution in [3.63, 3.8) is 0 Å². The summed E-state index contributed by atoms with van der Waals surface area (Å²) in [6.07, 6.45) is 18.9. The van der Waals surface area contributed by atoms with Gasteiger partial charge in [-0.3, -0.25) is 0 Å². The largest absolute Gasteiger partial charge is 0.0879 e. The first-order valence-electron chi connectivity index (χ1n) is 8.44. The molecule has 0 aliphatic heterocycles. The first-order chi connectivity index (χ1) is 9.43. The van der Waals surface area contributed by atoms with Crippen molar-refractivity contribution < 1.29 is 0 Å². The number of allylic oxidation sites excluding steroid dienone is 6. The SMILES string of the molecule is CC=C(CC1C=CC(C)=CCCCCCC1)C(C)(C)C. The van der Waals surface area contributed by atoms with Crippen LogP contribution in [0.15, 0.2) is 35.5 Å². The monoisotopic (exact) mass is 274 g/mol. The Morgan fingerprint density at radius 1 is 1.20 bits per heavy atom. The summed E-state index contributed by atoms with van der Waals surface area (Å²) < 4.78 is 0. The molecule has 0 nitrogen and oxygen atoms in total. The molecule has 0 saturated carbocycles. The highest BCUT2D eigenvalue weighted by Crippen LogP contribution is 2.33. The van der Waals surface area contributed by atoms with Gasteiger partial charge in [0.15, 0.2) is 0 Å². The van der Waals surface area contributed by atoms with Gasteiger partial charge in [0.1, 0.15) is 0 Å². The van der Waals surface area contributed by atoms with Crippen molar-refractivity contribution in [3.05, 3.63) is 35.5 Å². The summed E-state index contributed by atoms with van der Waals surface area (Å²) in [6, 6.07) is 0. The molecule has 0 amide bonds. The van der Waals surface area contributed by atoms with Gasteiger partial charge in [-0.25, -0.2) is 0 Å². The van der Waals surface area contributed by atoms with Crippen molar-refractivity contribution in [2.24, 2.45) is 11.3 Å². The van der Waals surface area contributed by atoms with Crippen LogP contribution in [-0.2, 0) is 0 Å². The van der Waals surface area contributed by atoms with Crippen molar-refractivity contribution >= 4 is 0 Å². The summed E-state index contributed by atoms with van der Waals surface area (Å²) in [6.45, 7) is 11.4. The summed E-state index contributed by atoms with van der Waals surface area (Å²) in [4.78, 5) is 0. The molecule has 0 fully saturated rings. The second-order valence-electron chi connectivity index (χ2n) is 7.33. The van der Waals surface area contributed by atoms with Gasteiger partial charge >= 0.3 is 0 Å². The molecule has 0 aromatic heterocycles. The number of rotatable bonds is 2. The molecule has 0 heterocycles. The fourth-order valence-electron chi connectivity index (χ4n) is 3.00. The van der Waals surface area contributed by atoms with E-state index in [9.17, 15) is 0 Å². The normalized spacial score (nSPS) is 23.1. The lowest BCUT2D eigenvalue weighted by molar-refractivity contribution is 0.437. The molecule has 0 radical (unpaired) electrons. The standard InChI is InChI=1S/C20H34/c1-6-19(20(3,4)5)16-18-13-11-9-7-8-10-12-17(2)14-15-18/h6,12,14-15,18H,7-11,13,16H2,1-5H3. The molecule has 1 unspecified atom stereocenters. The second-order valence-corrected chi connectivity index (χ2v) is 7.33. The average Bonchev–Trinajstić information content (AvgIpc) is 2.41. The van der Waals surface area contributed by atoms with Gasteiger partial charge in [-0.1, -0.05) is 75.5 Å². The Kier molecular flexibility index (Phi) is 7.34. The van der Waals surface area contributed by atoms with Crippen LogP contribution in [0.1, 0.15) is 79.6 Å². The quantitative estimate of drug-likeness (QED) is 0.483. The highest BCUT2D eigenvalue weighted by atomic mass is 14.2. The van der Waals surface area contributed by atoms with E-state index >= 15 is 0 Å². The molecule has 1 aliphatic carbocycles. The molecule has 1 aliphatic rings. The van der Waals surface area contributed by atoms with Gasteiger partial charge in [0.2, 0.25) is 0 Å². The van der Waals surface area contributed by atoms with Crippen LogP contribution in [0.25, 0.3) is 0 Å². The summed E-state index contributed by atoms with van der Waals surface area (Å²) in [5.74, 6) is 0.710. The smallest absolute Gasteiger partial charge is 0.0173 e. The molecule has 0 bridgehead atoms. The Hall–Kier alpha value is -0.780.